The number of hydrogen-bond acceptors (Lipinski definition) is 4. The number of amidine groups is 1. The summed E-state index contributed by atoms with van der Waals surface area (Å²) in [7, 11) is 0. The monoisotopic (exact) mass is 438 g/mol. The maximum Gasteiger partial charge on any atom is 0.264 e. The minimum Gasteiger partial charge on any atom is -0.318 e. The molecule has 1 aliphatic rings. The number of nitrogens with zero attached hydrogens (tertiary/aromatic N) is 3. The molecule has 0 atom stereocenters. The Balaban J connectivity index is 1.47. The zero-order chi connectivity index (χ0) is 22.2. The van der Waals surface area contributed by atoms with Gasteiger partial charge in [-0.15, -0.1) is 0 Å². The fraction of sp³-hybridized carbons (Fsp3) is 0.115. The summed E-state index contributed by atoms with van der Waals surface area (Å²) in [5.74, 6) is -0.122. The predicted molar refractivity (Wildman–Crippen MR) is 133 cm³/mol. The van der Waals surface area contributed by atoms with E-state index in [0.717, 1.165) is 44.8 Å². The minimum atomic E-state index is -0.122. The summed E-state index contributed by atoms with van der Waals surface area (Å²) in [5, 5.41) is 4.57. The molecule has 2 aromatic carbocycles. The van der Waals surface area contributed by atoms with Gasteiger partial charge in [0.05, 0.1) is 16.1 Å². The molecule has 1 amide bonds. The van der Waals surface area contributed by atoms with Crippen molar-refractivity contribution in [3.63, 3.8) is 0 Å². The molecule has 0 bridgehead atoms. The molecule has 1 fully saturated rings. The van der Waals surface area contributed by atoms with Crippen LogP contribution < -0.4 is 5.32 Å². The van der Waals surface area contributed by atoms with Gasteiger partial charge >= 0.3 is 0 Å². The number of rotatable bonds is 3. The first-order chi connectivity index (χ1) is 15.5. The minimum absolute atomic E-state index is 0.122. The van der Waals surface area contributed by atoms with Crippen molar-refractivity contribution in [2.75, 3.05) is 0 Å². The van der Waals surface area contributed by atoms with Crippen LogP contribution in [0.5, 0.6) is 0 Å². The second-order valence-corrected chi connectivity index (χ2v) is 8.89. The highest BCUT2D eigenvalue weighted by molar-refractivity contribution is 8.18. The van der Waals surface area contributed by atoms with E-state index in [9.17, 15) is 4.79 Å². The molecule has 1 N–H and O–H groups in total. The molecular formula is C26H22N4OS. The third kappa shape index (κ3) is 3.85. The maximum absolute atomic E-state index is 12.6. The van der Waals surface area contributed by atoms with Gasteiger partial charge in [0.25, 0.3) is 5.91 Å². The highest BCUT2D eigenvalue weighted by Gasteiger charge is 2.24. The van der Waals surface area contributed by atoms with E-state index in [1.54, 1.807) is 6.20 Å². The molecule has 2 aromatic heterocycles. The number of hydrogen-bond donors (Lipinski definition) is 1. The van der Waals surface area contributed by atoms with Crippen LogP contribution >= 0.6 is 11.8 Å². The molecule has 0 aliphatic carbocycles. The molecular weight excluding hydrogens is 416 g/mol. The van der Waals surface area contributed by atoms with Gasteiger partial charge in [0.15, 0.2) is 5.17 Å². The van der Waals surface area contributed by atoms with Crippen molar-refractivity contribution in [2.24, 2.45) is 4.99 Å². The van der Waals surface area contributed by atoms with Crippen LogP contribution in [-0.4, -0.2) is 20.6 Å². The lowest BCUT2D eigenvalue weighted by Crippen LogP contribution is -2.19. The number of aryl methyl sites for hydroxylation is 2. The average molecular weight is 439 g/mol. The molecule has 32 heavy (non-hydrogen) atoms. The largest absolute Gasteiger partial charge is 0.318 e. The zero-order valence-electron chi connectivity index (χ0n) is 18.1. The van der Waals surface area contributed by atoms with E-state index in [4.69, 9.17) is 0 Å². The standard InChI is InChI=1S/C26H22N4OS/c1-16-6-4-8-21(12-16)28-26-29-25(31)24(32-26)15-20-13-17(2)30(18(20)3)22-9-10-23-19(14-22)7-5-11-27-23/h4-15H,1-3H3,(H,28,29,31)/b24-15-. The molecule has 5 rings (SSSR count). The molecule has 158 valence electrons. The van der Waals surface area contributed by atoms with Gasteiger partial charge in [0, 0.05) is 28.7 Å². The van der Waals surface area contributed by atoms with Crippen LogP contribution in [-0.2, 0) is 4.79 Å². The lowest BCUT2D eigenvalue weighted by molar-refractivity contribution is -0.115. The maximum atomic E-state index is 12.6. The fourth-order valence-electron chi connectivity index (χ4n) is 3.97. The molecule has 0 saturated carbocycles. The van der Waals surface area contributed by atoms with E-state index in [2.05, 4.69) is 58.0 Å². The number of aromatic nitrogens is 2. The lowest BCUT2D eigenvalue weighted by atomic mass is 10.2. The Morgan fingerprint density at radius 2 is 1.91 bits per heavy atom. The zero-order valence-corrected chi connectivity index (χ0v) is 18.9. The highest BCUT2D eigenvalue weighted by Crippen LogP contribution is 2.31. The van der Waals surface area contributed by atoms with Crippen LogP contribution in [0, 0.1) is 20.8 Å². The molecule has 3 heterocycles. The first-order valence-corrected chi connectivity index (χ1v) is 11.2. The van der Waals surface area contributed by atoms with E-state index in [0.29, 0.717) is 10.1 Å². The van der Waals surface area contributed by atoms with Crippen LogP contribution in [0.2, 0.25) is 0 Å². The summed E-state index contributed by atoms with van der Waals surface area (Å²) in [5.41, 5.74) is 7.22. The summed E-state index contributed by atoms with van der Waals surface area (Å²) in [6.07, 6.45) is 3.75. The first kappa shape index (κ1) is 20.3. The van der Waals surface area contributed by atoms with Crippen LogP contribution in [0.15, 0.2) is 76.8 Å². The van der Waals surface area contributed by atoms with Gasteiger partial charge in [-0.2, -0.15) is 0 Å². The molecule has 6 heteroatoms. The molecule has 5 nitrogen and oxygen atoms in total. The number of nitrogens with one attached hydrogen (secondary N) is 1. The molecule has 4 aromatic rings. The second kappa shape index (κ2) is 8.13. The van der Waals surface area contributed by atoms with Gasteiger partial charge in [0.2, 0.25) is 0 Å². The van der Waals surface area contributed by atoms with Crippen molar-refractivity contribution in [3.05, 3.63) is 94.3 Å². The van der Waals surface area contributed by atoms with Crippen LogP contribution in [0.3, 0.4) is 0 Å². The summed E-state index contributed by atoms with van der Waals surface area (Å²) >= 11 is 1.37. The van der Waals surface area contributed by atoms with Crippen LogP contribution in [0.1, 0.15) is 22.5 Å². The number of aliphatic imine (C=N–C) groups is 1. The Morgan fingerprint density at radius 3 is 2.75 bits per heavy atom. The van der Waals surface area contributed by atoms with Gasteiger partial charge in [-0.3, -0.25) is 9.78 Å². The second-order valence-electron chi connectivity index (χ2n) is 7.86. The third-order valence-electron chi connectivity index (χ3n) is 5.48. The van der Waals surface area contributed by atoms with E-state index in [-0.39, 0.29) is 5.91 Å². The van der Waals surface area contributed by atoms with Gasteiger partial charge in [-0.1, -0.05) is 18.2 Å². The van der Waals surface area contributed by atoms with Gasteiger partial charge < -0.3 is 9.88 Å². The van der Waals surface area contributed by atoms with E-state index < -0.39 is 0 Å². The first-order valence-electron chi connectivity index (χ1n) is 10.4. The molecule has 0 radical (unpaired) electrons. The summed E-state index contributed by atoms with van der Waals surface area (Å²) in [4.78, 5) is 22.2. The molecule has 0 spiro atoms. The molecule has 0 unspecified atom stereocenters. The van der Waals surface area contributed by atoms with Crippen LogP contribution in [0.4, 0.5) is 5.69 Å². The predicted octanol–water partition coefficient (Wildman–Crippen LogP) is 5.84. The summed E-state index contributed by atoms with van der Waals surface area (Å²) in [6.45, 7) is 6.18. The van der Waals surface area contributed by atoms with Crippen LogP contribution in [0.25, 0.3) is 22.7 Å². The number of pyridine rings is 1. The SMILES string of the molecule is Cc1cccc(N=C2NC(=O)/C(=C/c3cc(C)n(-c4ccc5ncccc5c4)c3C)S2)c1. The van der Waals surface area contributed by atoms with Crippen molar-refractivity contribution < 1.29 is 4.79 Å². The van der Waals surface area contributed by atoms with Gasteiger partial charge in [0.1, 0.15) is 0 Å². The van der Waals surface area contributed by atoms with Crippen molar-refractivity contribution in [1.82, 2.24) is 14.9 Å². The third-order valence-corrected chi connectivity index (χ3v) is 6.39. The number of fused-ring (bicyclic) bond motifs is 1. The number of benzene rings is 2. The molecule has 1 saturated heterocycles. The highest BCUT2D eigenvalue weighted by atomic mass is 32.2. The summed E-state index contributed by atoms with van der Waals surface area (Å²) < 4.78 is 2.21. The van der Waals surface area contributed by atoms with Crippen molar-refractivity contribution in [2.45, 2.75) is 20.8 Å². The quantitative estimate of drug-likeness (QED) is 0.409. The van der Waals surface area contributed by atoms with E-state index >= 15 is 0 Å². The Kier molecular flexibility index (Phi) is 5.15. The number of amides is 1. The Hall–Kier alpha value is -3.64. The van der Waals surface area contributed by atoms with E-state index in [1.807, 2.05) is 49.4 Å². The van der Waals surface area contributed by atoms with Crippen molar-refractivity contribution in [3.8, 4) is 5.69 Å². The number of carbonyl (C=O) groups excluding carboxylic acids is 1. The topological polar surface area (TPSA) is 59.3 Å². The Bertz CT molecular complexity index is 1430. The Morgan fingerprint density at radius 1 is 1.03 bits per heavy atom. The van der Waals surface area contributed by atoms with Gasteiger partial charge in [-0.05, 0) is 92.2 Å². The normalized spacial score (nSPS) is 16.3. The van der Waals surface area contributed by atoms with E-state index in [1.165, 1.54) is 11.8 Å². The lowest BCUT2D eigenvalue weighted by Gasteiger charge is -2.10. The van der Waals surface area contributed by atoms with Gasteiger partial charge in [-0.25, -0.2) is 4.99 Å². The summed E-state index contributed by atoms with van der Waals surface area (Å²) in [6, 6.07) is 20.3. The smallest absolute Gasteiger partial charge is 0.264 e. The number of thioether (sulfide) groups is 1. The Labute approximate surface area is 190 Å². The fourth-order valence-corrected chi connectivity index (χ4v) is 4.80. The average Bonchev–Trinajstić information content (AvgIpc) is 3.25. The van der Waals surface area contributed by atoms with Crippen molar-refractivity contribution in [1.29, 1.82) is 0 Å². The van der Waals surface area contributed by atoms with Crippen molar-refractivity contribution >= 4 is 45.5 Å². The molecule has 1 aliphatic heterocycles. The number of carbonyl (C=O) groups is 1.